The van der Waals surface area contributed by atoms with E-state index in [1.54, 1.807) is 0 Å². The number of halogens is 1. The first-order valence-corrected chi connectivity index (χ1v) is 6.89. The summed E-state index contributed by atoms with van der Waals surface area (Å²) in [7, 11) is -3.75. The zero-order chi connectivity index (χ0) is 12.0. The van der Waals surface area contributed by atoms with Crippen molar-refractivity contribution in [1.29, 1.82) is 0 Å². The van der Waals surface area contributed by atoms with E-state index in [2.05, 4.69) is 9.71 Å². The quantitative estimate of drug-likeness (QED) is 0.879. The highest BCUT2D eigenvalue weighted by atomic mass is 32.2. The van der Waals surface area contributed by atoms with Crippen molar-refractivity contribution >= 4 is 21.5 Å². The van der Waals surface area contributed by atoms with E-state index < -0.39 is 15.8 Å². The number of rotatable bonds is 2. The number of anilines is 1. The zero-order valence-corrected chi connectivity index (χ0v) is 9.80. The Hall–Kier alpha value is -1.43. The van der Waals surface area contributed by atoms with Gasteiger partial charge in [0.25, 0.3) is 10.0 Å². The van der Waals surface area contributed by atoms with Crippen molar-refractivity contribution in [3.63, 3.8) is 0 Å². The predicted octanol–water partition coefficient (Wildman–Crippen LogP) is 2.14. The second kappa shape index (κ2) is 3.53. The average molecular weight is 254 g/mol. The van der Waals surface area contributed by atoms with E-state index in [9.17, 15) is 12.8 Å². The molecule has 3 rings (SSSR count). The molecule has 1 aliphatic heterocycles. The first-order chi connectivity index (χ1) is 8.04. The fourth-order valence-electron chi connectivity index (χ4n) is 1.87. The molecular formula is C11H11FN2O2S. The predicted molar refractivity (Wildman–Crippen MR) is 62.0 cm³/mol. The topological polar surface area (TPSA) is 58.5 Å². The van der Waals surface area contributed by atoms with Gasteiger partial charge in [-0.25, -0.2) is 4.39 Å². The first kappa shape index (κ1) is 10.7. The number of hydrogen-bond donors (Lipinski definition) is 1. The minimum Gasteiger partial charge on any atom is -0.342 e. The van der Waals surface area contributed by atoms with E-state index >= 15 is 0 Å². The molecule has 1 N–H and O–H groups in total. The smallest absolute Gasteiger partial charge is 0.286 e. The second-order valence-corrected chi connectivity index (χ2v) is 6.00. The molecule has 0 unspecified atom stereocenters. The van der Waals surface area contributed by atoms with Crippen LogP contribution in [0.3, 0.4) is 0 Å². The van der Waals surface area contributed by atoms with E-state index in [1.165, 1.54) is 12.1 Å². The van der Waals surface area contributed by atoms with Crippen LogP contribution >= 0.6 is 0 Å². The summed E-state index contributed by atoms with van der Waals surface area (Å²) in [5.74, 6) is 0.431. The van der Waals surface area contributed by atoms with Crippen LogP contribution in [-0.4, -0.2) is 14.3 Å². The van der Waals surface area contributed by atoms with Crippen molar-refractivity contribution in [2.75, 3.05) is 5.32 Å². The van der Waals surface area contributed by atoms with Crippen molar-refractivity contribution < 1.29 is 12.8 Å². The van der Waals surface area contributed by atoms with Gasteiger partial charge >= 0.3 is 0 Å². The maximum atomic E-state index is 13.0. The number of amidine groups is 1. The van der Waals surface area contributed by atoms with Crippen LogP contribution < -0.4 is 5.32 Å². The molecule has 0 spiro atoms. The molecule has 0 bridgehead atoms. The van der Waals surface area contributed by atoms with E-state index in [1.807, 2.05) is 0 Å². The van der Waals surface area contributed by atoms with Gasteiger partial charge in [0.05, 0.1) is 5.69 Å². The van der Waals surface area contributed by atoms with Crippen molar-refractivity contribution in [2.24, 2.45) is 10.3 Å². The van der Waals surface area contributed by atoms with Gasteiger partial charge in [0.15, 0.2) is 0 Å². The Bertz CT molecular complexity index is 606. The Morgan fingerprint density at radius 2 is 2.18 bits per heavy atom. The molecule has 2 aliphatic rings. The summed E-state index contributed by atoms with van der Waals surface area (Å²) in [6, 6.07) is 3.67. The Balaban J connectivity index is 2.02. The van der Waals surface area contributed by atoms with Gasteiger partial charge < -0.3 is 5.32 Å². The third-order valence-electron chi connectivity index (χ3n) is 2.91. The molecule has 1 aromatic rings. The number of sulfonamides is 1. The molecule has 1 saturated carbocycles. The first-order valence-electron chi connectivity index (χ1n) is 5.45. The van der Waals surface area contributed by atoms with Crippen molar-refractivity contribution in [1.82, 2.24) is 0 Å². The van der Waals surface area contributed by atoms with Crippen LogP contribution in [0.25, 0.3) is 0 Å². The summed E-state index contributed by atoms with van der Waals surface area (Å²) in [5, 5.41) is 2.96. The summed E-state index contributed by atoms with van der Waals surface area (Å²) in [6.07, 6.45) is 2.89. The Morgan fingerprint density at radius 1 is 1.41 bits per heavy atom. The maximum Gasteiger partial charge on any atom is 0.286 e. The lowest BCUT2D eigenvalue weighted by Gasteiger charge is -2.17. The molecule has 0 aromatic heterocycles. The van der Waals surface area contributed by atoms with Crippen LogP contribution in [0, 0.1) is 11.7 Å². The van der Waals surface area contributed by atoms with Gasteiger partial charge in [-0.3, -0.25) is 0 Å². The fourth-order valence-corrected chi connectivity index (χ4v) is 3.04. The molecule has 90 valence electrons. The largest absolute Gasteiger partial charge is 0.342 e. The van der Waals surface area contributed by atoms with Gasteiger partial charge in [-0.1, -0.05) is 0 Å². The monoisotopic (exact) mass is 254 g/mol. The lowest BCUT2D eigenvalue weighted by Crippen LogP contribution is -2.22. The highest BCUT2D eigenvalue weighted by Gasteiger charge is 2.29. The third-order valence-corrected chi connectivity index (χ3v) is 4.26. The number of benzene rings is 1. The Morgan fingerprint density at radius 3 is 2.88 bits per heavy atom. The Labute approximate surface area is 98.6 Å². The van der Waals surface area contributed by atoms with E-state index in [-0.39, 0.29) is 4.90 Å². The number of hydrogen-bond acceptors (Lipinski definition) is 3. The summed E-state index contributed by atoms with van der Waals surface area (Å²) < 4.78 is 40.4. The molecule has 1 aromatic carbocycles. The van der Waals surface area contributed by atoms with Gasteiger partial charge in [-0.2, -0.15) is 8.42 Å². The van der Waals surface area contributed by atoms with Gasteiger partial charge in [0.2, 0.25) is 0 Å². The number of fused-ring (bicyclic) bond motifs is 1. The minimum absolute atomic E-state index is 0.0861. The van der Waals surface area contributed by atoms with Crippen molar-refractivity contribution in [2.45, 2.75) is 24.2 Å². The fraction of sp³-hybridized carbons (Fsp3) is 0.364. The van der Waals surface area contributed by atoms with Crippen LogP contribution in [0.5, 0.6) is 0 Å². The van der Waals surface area contributed by atoms with Crippen LogP contribution in [0.1, 0.15) is 19.3 Å². The highest BCUT2D eigenvalue weighted by molar-refractivity contribution is 7.90. The number of nitrogens with one attached hydrogen (secondary N) is 1. The summed E-state index contributed by atoms with van der Waals surface area (Å²) in [5.41, 5.74) is 0.414. The standard InChI is InChI=1S/C11H11FN2O2S/c12-8-3-4-9-10(6-8)17(15,16)14-11(13-9)5-7-1-2-7/h3-4,6-7H,1-2,5H2,(H,13,14). The highest BCUT2D eigenvalue weighted by Crippen LogP contribution is 2.35. The molecule has 1 fully saturated rings. The normalized spacial score (nSPS) is 21.4. The molecule has 1 aliphatic carbocycles. The second-order valence-electron chi connectivity index (χ2n) is 4.43. The zero-order valence-electron chi connectivity index (χ0n) is 8.98. The third kappa shape index (κ3) is 2.04. The molecule has 1 heterocycles. The van der Waals surface area contributed by atoms with E-state index in [0.29, 0.717) is 23.9 Å². The maximum absolute atomic E-state index is 13.0. The molecule has 4 nitrogen and oxygen atoms in total. The molecule has 17 heavy (non-hydrogen) atoms. The van der Waals surface area contributed by atoms with Crippen LogP contribution in [0.2, 0.25) is 0 Å². The summed E-state index contributed by atoms with van der Waals surface area (Å²) >= 11 is 0. The summed E-state index contributed by atoms with van der Waals surface area (Å²) in [4.78, 5) is -0.0861. The molecule has 6 heteroatoms. The lowest BCUT2D eigenvalue weighted by atomic mass is 10.2. The molecule has 0 radical (unpaired) electrons. The molecule has 0 atom stereocenters. The van der Waals surface area contributed by atoms with E-state index in [0.717, 1.165) is 18.9 Å². The van der Waals surface area contributed by atoms with Crippen LogP contribution in [-0.2, 0) is 10.0 Å². The SMILES string of the molecule is O=S1(=O)N=C(CC2CC2)Nc2ccc(F)cc21. The number of nitrogens with zero attached hydrogens (tertiary/aromatic N) is 1. The average Bonchev–Trinajstić information content (AvgIpc) is 3.02. The molecular weight excluding hydrogens is 243 g/mol. The van der Waals surface area contributed by atoms with Crippen molar-refractivity contribution in [3.8, 4) is 0 Å². The summed E-state index contributed by atoms with van der Waals surface area (Å²) in [6.45, 7) is 0. The van der Waals surface area contributed by atoms with Crippen molar-refractivity contribution in [3.05, 3.63) is 24.0 Å². The van der Waals surface area contributed by atoms with Crippen LogP contribution in [0.15, 0.2) is 27.5 Å². The van der Waals surface area contributed by atoms with Crippen LogP contribution in [0.4, 0.5) is 10.1 Å². The van der Waals surface area contributed by atoms with Gasteiger partial charge in [0.1, 0.15) is 16.5 Å². The van der Waals surface area contributed by atoms with Gasteiger partial charge in [0, 0.05) is 6.42 Å². The Kier molecular flexibility index (Phi) is 2.22. The molecule has 0 saturated heterocycles. The van der Waals surface area contributed by atoms with E-state index in [4.69, 9.17) is 0 Å². The van der Waals surface area contributed by atoms with Gasteiger partial charge in [-0.05, 0) is 37.0 Å². The van der Waals surface area contributed by atoms with Gasteiger partial charge in [-0.15, -0.1) is 4.40 Å². The minimum atomic E-state index is -3.75. The molecule has 0 amide bonds. The lowest BCUT2D eigenvalue weighted by molar-refractivity contribution is 0.592.